The third-order valence-corrected chi connectivity index (χ3v) is 4.29. The van der Waals surface area contributed by atoms with Crippen LogP contribution in [0.25, 0.3) is 20.8 Å². The Labute approximate surface area is 126 Å². The van der Waals surface area contributed by atoms with Crippen LogP contribution in [0.15, 0.2) is 36.4 Å². The average Bonchev–Trinajstić information content (AvgIpc) is 2.96. The van der Waals surface area contributed by atoms with E-state index in [0.717, 1.165) is 38.0 Å². The van der Waals surface area contributed by atoms with Crippen molar-refractivity contribution >= 4 is 21.6 Å². The lowest BCUT2D eigenvalue weighted by Crippen LogP contribution is -1.89. The fourth-order valence-electron chi connectivity index (χ4n) is 2.12. The maximum Gasteiger partial charge on any atom is 0.132 e. The van der Waals surface area contributed by atoms with Crippen molar-refractivity contribution in [1.29, 1.82) is 0 Å². The van der Waals surface area contributed by atoms with Crippen LogP contribution in [-0.4, -0.2) is 26.3 Å². The molecule has 0 spiro atoms. The number of thiazole rings is 1. The minimum Gasteiger partial charge on any atom is -0.497 e. The number of hydrogen-bond acceptors (Lipinski definition) is 5. The van der Waals surface area contributed by atoms with Gasteiger partial charge in [-0.3, -0.25) is 0 Å². The van der Waals surface area contributed by atoms with Gasteiger partial charge in [-0.2, -0.15) is 0 Å². The molecule has 0 N–H and O–H groups in total. The fraction of sp³-hybridized carbons (Fsp3) is 0.188. The molecule has 0 amide bonds. The van der Waals surface area contributed by atoms with Crippen molar-refractivity contribution in [3.8, 4) is 27.8 Å². The minimum absolute atomic E-state index is 0.750. The number of methoxy groups -OCH3 is 3. The van der Waals surface area contributed by atoms with Crippen LogP contribution in [0.4, 0.5) is 0 Å². The van der Waals surface area contributed by atoms with Crippen LogP contribution in [0.1, 0.15) is 0 Å². The van der Waals surface area contributed by atoms with Gasteiger partial charge in [0, 0.05) is 6.07 Å². The Hall–Kier alpha value is -2.27. The third-order valence-electron chi connectivity index (χ3n) is 3.23. The molecule has 0 atom stereocenters. The van der Waals surface area contributed by atoms with Crippen molar-refractivity contribution in [3.05, 3.63) is 36.4 Å². The van der Waals surface area contributed by atoms with Gasteiger partial charge in [0.05, 0.1) is 37.1 Å². The highest BCUT2D eigenvalue weighted by molar-refractivity contribution is 7.21. The summed E-state index contributed by atoms with van der Waals surface area (Å²) in [5.41, 5.74) is 1.91. The Morgan fingerprint density at radius 1 is 0.857 bits per heavy atom. The largest absolute Gasteiger partial charge is 0.497 e. The van der Waals surface area contributed by atoms with Crippen LogP contribution >= 0.6 is 11.3 Å². The van der Waals surface area contributed by atoms with Crippen molar-refractivity contribution in [2.24, 2.45) is 0 Å². The molecule has 0 aliphatic rings. The van der Waals surface area contributed by atoms with E-state index in [1.807, 2.05) is 36.4 Å². The second kappa shape index (κ2) is 5.61. The van der Waals surface area contributed by atoms with Crippen LogP contribution < -0.4 is 14.2 Å². The van der Waals surface area contributed by atoms with Crippen molar-refractivity contribution < 1.29 is 14.2 Å². The first-order valence-electron chi connectivity index (χ1n) is 6.42. The maximum absolute atomic E-state index is 5.45. The molecule has 0 fully saturated rings. The molecule has 1 heterocycles. The average molecular weight is 301 g/mol. The van der Waals surface area contributed by atoms with E-state index in [9.17, 15) is 0 Å². The molecule has 0 saturated carbocycles. The Morgan fingerprint density at radius 3 is 2.29 bits per heavy atom. The number of aromatic nitrogens is 1. The monoisotopic (exact) mass is 301 g/mol. The van der Waals surface area contributed by atoms with Crippen molar-refractivity contribution in [1.82, 2.24) is 4.98 Å². The molecular formula is C16H15NO3S. The molecule has 108 valence electrons. The molecular weight excluding hydrogens is 286 g/mol. The van der Waals surface area contributed by atoms with Gasteiger partial charge < -0.3 is 14.2 Å². The molecule has 2 aromatic carbocycles. The lowest BCUT2D eigenvalue weighted by atomic mass is 10.2. The fourth-order valence-corrected chi connectivity index (χ4v) is 3.15. The first-order chi connectivity index (χ1) is 10.2. The summed E-state index contributed by atoms with van der Waals surface area (Å²) in [6, 6.07) is 11.6. The number of benzene rings is 2. The van der Waals surface area contributed by atoms with E-state index in [2.05, 4.69) is 4.98 Å². The van der Waals surface area contributed by atoms with Crippen LogP contribution in [0.5, 0.6) is 17.2 Å². The summed E-state index contributed by atoms with van der Waals surface area (Å²) in [4.78, 5) is 4.66. The summed E-state index contributed by atoms with van der Waals surface area (Å²) in [6.07, 6.45) is 0. The molecule has 0 radical (unpaired) electrons. The van der Waals surface area contributed by atoms with Crippen molar-refractivity contribution in [2.45, 2.75) is 0 Å². The summed E-state index contributed by atoms with van der Waals surface area (Å²) in [5, 5.41) is 0.915. The van der Waals surface area contributed by atoms with Crippen LogP contribution in [0.2, 0.25) is 0 Å². The topological polar surface area (TPSA) is 40.6 Å². The standard InChI is InChI=1S/C16H15NO3S/c1-18-10-4-6-12(14(8-10)20-3)16-17-13-7-5-11(19-2)9-15(13)21-16/h4-9H,1-3H3. The van der Waals surface area contributed by atoms with Crippen molar-refractivity contribution in [3.63, 3.8) is 0 Å². The highest BCUT2D eigenvalue weighted by Crippen LogP contribution is 2.38. The van der Waals surface area contributed by atoms with Gasteiger partial charge in [0.25, 0.3) is 0 Å². The van der Waals surface area contributed by atoms with E-state index in [1.165, 1.54) is 0 Å². The van der Waals surface area contributed by atoms with E-state index >= 15 is 0 Å². The Balaban J connectivity index is 2.11. The molecule has 0 aliphatic carbocycles. The zero-order valence-electron chi connectivity index (χ0n) is 12.0. The molecule has 5 heteroatoms. The van der Waals surface area contributed by atoms with Gasteiger partial charge in [0.2, 0.25) is 0 Å². The third kappa shape index (κ3) is 2.52. The van der Waals surface area contributed by atoms with Crippen molar-refractivity contribution in [2.75, 3.05) is 21.3 Å². The Bertz CT molecular complexity index is 782. The van der Waals surface area contributed by atoms with E-state index in [1.54, 1.807) is 32.7 Å². The highest BCUT2D eigenvalue weighted by atomic mass is 32.1. The van der Waals surface area contributed by atoms with Gasteiger partial charge in [0.15, 0.2) is 0 Å². The summed E-state index contributed by atoms with van der Waals surface area (Å²) in [7, 11) is 4.95. The number of ether oxygens (including phenoxy) is 3. The van der Waals surface area contributed by atoms with Gasteiger partial charge >= 0.3 is 0 Å². The van der Waals surface area contributed by atoms with Gasteiger partial charge in [-0.05, 0) is 30.3 Å². The van der Waals surface area contributed by atoms with E-state index in [0.29, 0.717) is 0 Å². The first kappa shape index (κ1) is 13.7. The second-order valence-electron chi connectivity index (χ2n) is 4.42. The molecule has 4 nitrogen and oxygen atoms in total. The van der Waals surface area contributed by atoms with E-state index < -0.39 is 0 Å². The SMILES string of the molecule is COc1ccc(-c2nc3ccc(OC)cc3s2)c(OC)c1. The smallest absolute Gasteiger partial charge is 0.132 e. The number of nitrogens with zero attached hydrogens (tertiary/aromatic N) is 1. The predicted octanol–water partition coefficient (Wildman–Crippen LogP) is 3.99. The molecule has 0 saturated heterocycles. The van der Waals surface area contributed by atoms with Gasteiger partial charge in [0.1, 0.15) is 22.3 Å². The van der Waals surface area contributed by atoms with Crippen LogP contribution in [0.3, 0.4) is 0 Å². The normalized spacial score (nSPS) is 10.6. The Morgan fingerprint density at radius 2 is 1.57 bits per heavy atom. The molecule has 3 rings (SSSR count). The summed E-state index contributed by atoms with van der Waals surface area (Å²) < 4.78 is 17.0. The number of fused-ring (bicyclic) bond motifs is 1. The summed E-state index contributed by atoms with van der Waals surface area (Å²) in [6.45, 7) is 0. The van der Waals surface area contributed by atoms with E-state index in [-0.39, 0.29) is 0 Å². The zero-order chi connectivity index (χ0) is 14.8. The van der Waals surface area contributed by atoms with Gasteiger partial charge in [-0.25, -0.2) is 4.98 Å². The second-order valence-corrected chi connectivity index (χ2v) is 5.45. The quantitative estimate of drug-likeness (QED) is 0.730. The molecule has 0 unspecified atom stereocenters. The lowest BCUT2D eigenvalue weighted by Gasteiger charge is -2.07. The zero-order valence-corrected chi connectivity index (χ0v) is 12.9. The number of rotatable bonds is 4. The highest BCUT2D eigenvalue weighted by Gasteiger charge is 2.12. The molecule has 0 bridgehead atoms. The Kier molecular flexibility index (Phi) is 3.66. The van der Waals surface area contributed by atoms with Crippen LogP contribution in [0, 0.1) is 0 Å². The maximum atomic E-state index is 5.45. The number of hydrogen-bond donors (Lipinski definition) is 0. The van der Waals surface area contributed by atoms with Gasteiger partial charge in [-0.1, -0.05) is 0 Å². The van der Waals surface area contributed by atoms with E-state index in [4.69, 9.17) is 14.2 Å². The summed E-state index contributed by atoms with van der Waals surface area (Å²) in [5.74, 6) is 2.35. The first-order valence-corrected chi connectivity index (χ1v) is 7.24. The molecule has 3 aromatic rings. The molecule has 21 heavy (non-hydrogen) atoms. The molecule has 1 aromatic heterocycles. The van der Waals surface area contributed by atoms with Crippen LogP contribution in [-0.2, 0) is 0 Å². The molecule has 0 aliphatic heterocycles. The lowest BCUT2D eigenvalue weighted by molar-refractivity contribution is 0.395. The van der Waals surface area contributed by atoms with Gasteiger partial charge in [-0.15, -0.1) is 11.3 Å². The predicted molar refractivity (Wildman–Crippen MR) is 84.7 cm³/mol. The summed E-state index contributed by atoms with van der Waals surface area (Å²) >= 11 is 1.61. The minimum atomic E-state index is 0.750.